The molecule has 1 atom stereocenters. The van der Waals surface area contributed by atoms with E-state index in [-0.39, 0.29) is 12.4 Å². The molecule has 1 aromatic rings. The molecule has 0 aliphatic carbocycles. The molecule has 0 bridgehead atoms. The van der Waals surface area contributed by atoms with Crippen LogP contribution < -0.4 is 11.5 Å². The van der Waals surface area contributed by atoms with E-state index in [2.05, 4.69) is 24.3 Å². The first-order chi connectivity index (χ1) is 8.26. The normalized spacial score (nSPS) is 13.7. The summed E-state index contributed by atoms with van der Waals surface area (Å²) in [5.41, 5.74) is 12.7. The van der Waals surface area contributed by atoms with Crippen LogP contribution in [0, 0.1) is 0 Å². The second-order valence-corrected chi connectivity index (χ2v) is 8.61. The van der Waals surface area contributed by atoms with Crippen molar-refractivity contribution in [2.75, 3.05) is 20.2 Å². The van der Waals surface area contributed by atoms with Gasteiger partial charge in [0.15, 0.2) is 8.32 Å². The maximum atomic E-state index is 5.89. The molecule has 5 heteroatoms. The summed E-state index contributed by atoms with van der Waals surface area (Å²) < 4.78 is 5.89. The summed E-state index contributed by atoms with van der Waals surface area (Å²) in [7, 11) is 0.0984. The molecule has 0 aromatic heterocycles. The molecule has 1 rings (SSSR count). The Balaban J connectivity index is 0.00000289. The van der Waals surface area contributed by atoms with Crippen LogP contribution in [0.1, 0.15) is 12.0 Å². The zero-order valence-corrected chi connectivity index (χ0v) is 12.9. The fourth-order valence-electron chi connectivity index (χ4n) is 2.23. The van der Waals surface area contributed by atoms with Crippen molar-refractivity contribution in [3.63, 3.8) is 0 Å². The third kappa shape index (κ3) is 5.50. The lowest BCUT2D eigenvalue weighted by Crippen LogP contribution is -2.42. The smallest absolute Gasteiger partial charge is 0.197 e. The van der Waals surface area contributed by atoms with Gasteiger partial charge in [-0.1, -0.05) is 30.3 Å². The fourth-order valence-corrected chi connectivity index (χ4v) is 5.74. The van der Waals surface area contributed by atoms with Crippen LogP contribution in [0.15, 0.2) is 30.3 Å². The minimum absolute atomic E-state index is 0. The summed E-state index contributed by atoms with van der Waals surface area (Å²) in [5.74, 6) is 0. The third-order valence-electron chi connectivity index (χ3n) is 3.24. The molecular weight excluding hydrogens is 264 g/mol. The molecule has 4 N–H and O–H groups in total. The van der Waals surface area contributed by atoms with Crippen LogP contribution in [-0.2, 0) is 10.5 Å². The summed E-state index contributed by atoms with van der Waals surface area (Å²) in [6.45, 7) is 1.44. The molecule has 0 spiro atoms. The van der Waals surface area contributed by atoms with Gasteiger partial charge in [0.1, 0.15) is 0 Å². The summed E-state index contributed by atoms with van der Waals surface area (Å²) in [4.78, 5) is 0. The molecule has 0 aliphatic heterocycles. The van der Waals surface area contributed by atoms with Crippen molar-refractivity contribution in [2.24, 2.45) is 11.5 Å². The molecule has 18 heavy (non-hydrogen) atoms. The highest BCUT2D eigenvalue weighted by atomic mass is 35.5. The van der Waals surface area contributed by atoms with Gasteiger partial charge in [0.05, 0.1) is 0 Å². The largest absolute Gasteiger partial charge is 0.420 e. The molecule has 0 aliphatic rings. The highest BCUT2D eigenvalue weighted by molar-refractivity contribution is 6.73. The number of nitrogens with two attached hydrogens (primary N) is 2. The molecule has 0 radical (unpaired) electrons. The molecule has 3 nitrogen and oxygen atoms in total. The van der Waals surface area contributed by atoms with E-state index in [0.29, 0.717) is 6.54 Å². The first-order valence-electron chi connectivity index (χ1n) is 6.25. The molecule has 0 amide bonds. The molecular formula is C13H25ClN2OSi. The summed E-state index contributed by atoms with van der Waals surface area (Å²) >= 11 is 0. The van der Waals surface area contributed by atoms with E-state index in [1.54, 1.807) is 0 Å². The van der Waals surface area contributed by atoms with E-state index in [4.69, 9.17) is 15.9 Å². The zero-order valence-electron chi connectivity index (χ0n) is 11.1. The van der Waals surface area contributed by atoms with Gasteiger partial charge in [-0.05, 0) is 43.2 Å². The van der Waals surface area contributed by atoms with Crippen LogP contribution >= 0.6 is 12.4 Å². The van der Waals surface area contributed by atoms with Gasteiger partial charge in [-0.2, -0.15) is 0 Å². The number of rotatable bonds is 8. The Labute approximate surface area is 117 Å². The minimum Gasteiger partial charge on any atom is -0.420 e. The average Bonchev–Trinajstić information content (AvgIpc) is 2.37. The monoisotopic (exact) mass is 288 g/mol. The average molecular weight is 289 g/mol. The number of benzene rings is 1. The molecule has 0 saturated heterocycles. The predicted molar refractivity (Wildman–Crippen MR) is 82.5 cm³/mol. The zero-order chi connectivity index (χ0) is 12.6. The van der Waals surface area contributed by atoms with E-state index >= 15 is 0 Å². The highest BCUT2D eigenvalue weighted by Gasteiger charge is 2.32. The second-order valence-electron chi connectivity index (χ2n) is 4.48. The van der Waals surface area contributed by atoms with Gasteiger partial charge in [0, 0.05) is 7.11 Å². The standard InChI is InChI=1S/C13H24N2OSi.ClH/c1-16-17(11-9-15,10-5-8-14)12-13-6-3-2-4-7-13;/h2-4,6-7H,5,8-12,14-15H2,1H3;1H. The number of hydrogen-bond acceptors (Lipinski definition) is 3. The quantitative estimate of drug-likeness (QED) is 0.720. The van der Waals surface area contributed by atoms with E-state index in [1.807, 2.05) is 13.2 Å². The van der Waals surface area contributed by atoms with Crippen LogP contribution in [0.2, 0.25) is 12.1 Å². The van der Waals surface area contributed by atoms with Crippen molar-refractivity contribution in [1.29, 1.82) is 0 Å². The van der Waals surface area contributed by atoms with Gasteiger partial charge in [-0.3, -0.25) is 0 Å². The Morgan fingerprint density at radius 1 is 1.06 bits per heavy atom. The third-order valence-corrected chi connectivity index (χ3v) is 7.62. The Morgan fingerprint density at radius 2 is 1.72 bits per heavy atom. The van der Waals surface area contributed by atoms with Crippen molar-refractivity contribution >= 4 is 20.7 Å². The summed E-state index contributed by atoms with van der Waals surface area (Å²) in [6.07, 6.45) is 1.03. The van der Waals surface area contributed by atoms with E-state index in [1.165, 1.54) is 5.56 Å². The van der Waals surface area contributed by atoms with Crippen LogP contribution in [0.4, 0.5) is 0 Å². The van der Waals surface area contributed by atoms with Crippen molar-refractivity contribution in [2.45, 2.75) is 24.6 Å². The second kappa shape index (κ2) is 9.53. The molecule has 1 aromatic carbocycles. The van der Waals surface area contributed by atoms with Crippen molar-refractivity contribution in [3.8, 4) is 0 Å². The fraction of sp³-hybridized carbons (Fsp3) is 0.538. The van der Waals surface area contributed by atoms with Crippen LogP contribution in [0.5, 0.6) is 0 Å². The SMILES string of the molecule is CO[Si](CCN)(CCCN)Cc1ccccc1.Cl. The predicted octanol–water partition coefficient (Wildman–Crippen LogP) is 2.09. The Hall–Kier alpha value is -0.393. The lowest BCUT2D eigenvalue weighted by molar-refractivity contribution is 0.387. The first-order valence-corrected chi connectivity index (χ1v) is 8.78. The van der Waals surface area contributed by atoms with Gasteiger partial charge < -0.3 is 15.9 Å². The maximum Gasteiger partial charge on any atom is 0.197 e. The lowest BCUT2D eigenvalue weighted by Gasteiger charge is -2.29. The van der Waals surface area contributed by atoms with Gasteiger partial charge >= 0.3 is 0 Å². The van der Waals surface area contributed by atoms with Crippen LogP contribution in [-0.4, -0.2) is 28.5 Å². The molecule has 0 heterocycles. The van der Waals surface area contributed by atoms with E-state index in [9.17, 15) is 0 Å². The van der Waals surface area contributed by atoms with E-state index in [0.717, 1.165) is 31.1 Å². The Kier molecular flexibility index (Phi) is 9.32. The van der Waals surface area contributed by atoms with Crippen LogP contribution in [0.3, 0.4) is 0 Å². The summed E-state index contributed by atoms with van der Waals surface area (Å²) in [6, 6.07) is 13.7. The molecule has 1 unspecified atom stereocenters. The van der Waals surface area contributed by atoms with Crippen molar-refractivity contribution < 1.29 is 4.43 Å². The first kappa shape index (κ1) is 17.6. The van der Waals surface area contributed by atoms with Gasteiger partial charge in [-0.25, -0.2) is 0 Å². The Bertz CT molecular complexity index is 313. The molecule has 104 valence electrons. The Morgan fingerprint density at radius 3 is 2.22 bits per heavy atom. The summed E-state index contributed by atoms with van der Waals surface area (Å²) in [5, 5.41) is 0. The number of halogens is 1. The topological polar surface area (TPSA) is 61.3 Å². The van der Waals surface area contributed by atoms with Crippen LogP contribution in [0.25, 0.3) is 0 Å². The van der Waals surface area contributed by atoms with Crippen molar-refractivity contribution in [1.82, 2.24) is 0 Å². The van der Waals surface area contributed by atoms with Crippen molar-refractivity contribution in [3.05, 3.63) is 35.9 Å². The lowest BCUT2D eigenvalue weighted by atomic mass is 10.2. The van der Waals surface area contributed by atoms with Gasteiger partial charge in [0.25, 0.3) is 0 Å². The highest BCUT2D eigenvalue weighted by Crippen LogP contribution is 2.23. The maximum absolute atomic E-state index is 5.89. The molecule has 0 saturated carbocycles. The van der Waals surface area contributed by atoms with Gasteiger partial charge in [-0.15, -0.1) is 12.4 Å². The van der Waals surface area contributed by atoms with Gasteiger partial charge in [0.2, 0.25) is 0 Å². The number of hydrogen-bond donors (Lipinski definition) is 2. The minimum atomic E-state index is -1.74. The van der Waals surface area contributed by atoms with E-state index < -0.39 is 8.32 Å². The molecule has 0 fully saturated rings.